The number of hydrogen-bond donors (Lipinski definition) is 2. The van der Waals surface area contributed by atoms with Gasteiger partial charge in [-0.15, -0.1) is 0 Å². The fraction of sp³-hybridized carbons (Fsp3) is 0.500. The fourth-order valence-electron chi connectivity index (χ4n) is 2.62. The van der Waals surface area contributed by atoms with E-state index in [2.05, 4.69) is 0 Å². The van der Waals surface area contributed by atoms with Gasteiger partial charge in [0.2, 0.25) is 11.8 Å². The first-order valence-corrected chi connectivity index (χ1v) is 7.51. The number of benzene rings is 1. The zero-order chi connectivity index (χ0) is 16.1. The Hall–Kier alpha value is -1.92. The lowest BCUT2D eigenvalue weighted by molar-refractivity contribution is -0.141. The van der Waals surface area contributed by atoms with Crippen molar-refractivity contribution in [3.8, 4) is 0 Å². The second-order valence-corrected chi connectivity index (χ2v) is 5.62. The van der Waals surface area contributed by atoms with Crippen LogP contribution in [0.25, 0.3) is 0 Å². The van der Waals surface area contributed by atoms with Gasteiger partial charge < -0.3 is 21.1 Å². The van der Waals surface area contributed by atoms with Gasteiger partial charge in [0.15, 0.2) is 0 Å². The summed E-state index contributed by atoms with van der Waals surface area (Å²) in [7, 11) is 0. The van der Waals surface area contributed by atoms with Crippen LogP contribution in [0.1, 0.15) is 25.3 Å². The molecule has 1 saturated heterocycles. The van der Waals surface area contributed by atoms with Crippen LogP contribution in [-0.2, 0) is 20.9 Å². The summed E-state index contributed by atoms with van der Waals surface area (Å²) in [5.41, 5.74) is 12.3. The van der Waals surface area contributed by atoms with E-state index >= 15 is 0 Å². The Morgan fingerprint density at radius 2 is 2.05 bits per heavy atom. The molecule has 120 valence electrons. The van der Waals surface area contributed by atoms with Gasteiger partial charge in [-0.3, -0.25) is 9.59 Å². The number of carbonyl (C=O) groups excluding carboxylic acids is 2. The molecular formula is C16H23N3O3. The lowest BCUT2D eigenvalue weighted by Crippen LogP contribution is -2.53. The van der Waals surface area contributed by atoms with Crippen molar-refractivity contribution in [3.63, 3.8) is 0 Å². The minimum Gasteiger partial charge on any atom is -0.372 e. The Morgan fingerprint density at radius 1 is 1.36 bits per heavy atom. The largest absolute Gasteiger partial charge is 0.372 e. The van der Waals surface area contributed by atoms with Crippen molar-refractivity contribution in [1.82, 2.24) is 4.90 Å². The highest BCUT2D eigenvalue weighted by atomic mass is 16.5. The molecule has 1 aliphatic heterocycles. The number of nitrogens with zero attached hydrogens (tertiary/aromatic N) is 1. The third-order valence-corrected chi connectivity index (χ3v) is 4.01. The average molecular weight is 305 g/mol. The molecule has 0 saturated carbocycles. The van der Waals surface area contributed by atoms with Crippen molar-refractivity contribution in [3.05, 3.63) is 35.9 Å². The molecule has 0 spiro atoms. The van der Waals surface area contributed by atoms with E-state index in [1.165, 1.54) is 4.90 Å². The zero-order valence-electron chi connectivity index (χ0n) is 12.8. The molecule has 1 aromatic carbocycles. The number of hydrogen-bond acceptors (Lipinski definition) is 4. The van der Waals surface area contributed by atoms with Crippen LogP contribution >= 0.6 is 0 Å². The summed E-state index contributed by atoms with van der Waals surface area (Å²) in [6.07, 6.45) is 0.931. The molecule has 0 bridgehead atoms. The Morgan fingerprint density at radius 3 is 2.68 bits per heavy atom. The predicted molar refractivity (Wildman–Crippen MR) is 82.6 cm³/mol. The molecular weight excluding hydrogens is 282 g/mol. The molecule has 1 aromatic rings. The van der Waals surface area contributed by atoms with E-state index in [-0.39, 0.29) is 5.91 Å². The molecule has 6 heteroatoms. The maximum atomic E-state index is 12.4. The molecule has 0 aromatic heterocycles. The Balaban J connectivity index is 1.90. The van der Waals surface area contributed by atoms with Gasteiger partial charge in [0.25, 0.3) is 0 Å². The van der Waals surface area contributed by atoms with Gasteiger partial charge in [0.05, 0.1) is 12.7 Å². The summed E-state index contributed by atoms with van der Waals surface area (Å²) in [6.45, 7) is 2.68. The van der Waals surface area contributed by atoms with Crippen molar-refractivity contribution < 1.29 is 14.3 Å². The van der Waals surface area contributed by atoms with Crippen molar-refractivity contribution in [1.29, 1.82) is 0 Å². The van der Waals surface area contributed by atoms with Crippen molar-refractivity contribution in [2.24, 2.45) is 11.5 Å². The molecule has 0 radical (unpaired) electrons. The predicted octanol–water partition coefficient (Wildman–Crippen LogP) is 0.395. The molecule has 1 aliphatic rings. The molecule has 1 fully saturated rings. The first kappa shape index (κ1) is 16.5. The first-order chi connectivity index (χ1) is 10.5. The summed E-state index contributed by atoms with van der Waals surface area (Å²) >= 11 is 0. The maximum Gasteiger partial charge on any atom is 0.242 e. The number of primary amides is 1. The molecule has 2 rings (SSSR count). The van der Waals surface area contributed by atoms with Crippen LogP contribution in [0.5, 0.6) is 0 Å². The highest BCUT2D eigenvalue weighted by Gasteiger charge is 2.36. The number of carbonyl (C=O) groups is 2. The van der Waals surface area contributed by atoms with E-state index in [1.807, 2.05) is 30.3 Å². The van der Waals surface area contributed by atoms with Gasteiger partial charge in [-0.25, -0.2) is 0 Å². The van der Waals surface area contributed by atoms with E-state index in [9.17, 15) is 9.59 Å². The highest BCUT2D eigenvalue weighted by Crippen LogP contribution is 2.19. The van der Waals surface area contributed by atoms with Gasteiger partial charge in [-0.2, -0.15) is 0 Å². The summed E-state index contributed by atoms with van der Waals surface area (Å²) in [4.78, 5) is 25.3. The van der Waals surface area contributed by atoms with E-state index in [1.54, 1.807) is 6.92 Å². The number of rotatable bonds is 6. The summed E-state index contributed by atoms with van der Waals surface area (Å²) in [5, 5.41) is 0. The first-order valence-electron chi connectivity index (χ1n) is 7.51. The van der Waals surface area contributed by atoms with Gasteiger partial charge in [-0.1, -0.05) is 30.3 Å². The number of nitrogens with two attached hydrogens (primary N) is 2. The maximum absolute atomic E-state index is 12.4. The van der Waals surface area contributed by atoms with Crippen LogP contribution in [0.4, 0.5) is 0 Å². The van der Waals surface area contributed by atoms with Crippen LogP contribution in [0.15, 0.2) is 30.3 Å². The Labute approximate surface area is 130 Å². The zero-order valence-corrected chi connectivity index (χ0v) is 12.8. The fourth-order valence-corrected chi connectivity index (χ4v) is 2.62. The van der Waals surface area contributed by atoms with Gasteiger partial charge >= 0.3 is 0 Å². The minimum absolute atomic E-state index is 0.276. The van der Waals surface area contributed by atoms with Crippen molar-refractivity contribution in [2.75, 3.05) is 6.54 Å². The molecule has 3 atom stereocenters. The van der Waals surface area contributed by atoms with Crippen LogP contribution in [0.3, 0.4) is 0 Å². The standard InChI is InChI=1S/C16H23N3O3/c1-11(22-10-12-6-3-2-4-7-12)14(17)16(21)19-9-5-8-13(19)15(18)20/h2-4,6-7,11,13-14H,5,8-10,17H2,1H3,(H2,18,20)/t11?,13-,14-/m0/s1. The molecule has 1 heterocycles. The number of likely N-dealkylation sites (tertiary alicyclic amines) is 1. The molecule has 22 heavy (non-hydrogen) atoms. The van der Waals surface area contributed by atoms with E-state index in [0.29, 0.717) is 19.6 Å². The molecule has 0 aliphatic carbocycles. The van der Waals surface area contributed by atoms with E-state index < -0.39 is 24.1 Å². The third-order valence-electron chi connectivity index (χ3n) is 4.01. The Kier molecular flexibility index (Phi) is 5.51. The average Bonchev–Trinajstić information content (AvgIpc) is 3.02. The second kappa shape index (κ2) is 7.38. The summed E-state index contributed by atoms with van der Waals surface area (Å²) in [5.74, 6) is -0.752. The summed E-state index contributed by atoms with van der Waals surface area (Å²) in [6, 6.07) is 8.34. The van der Waals surface area contributed by atoms with Gasteiger partial charge in [0.1, 0.15) is 12.1 Å². The molecule has 1 unspecified atom stereocenters. The summed E-state index contributed by atoms with van der Waals surface area (Å²) < 4.78 is 5.68. The van der Waals surface area contributed by atoms with Crippen LogP contribution in [0, 0.1) is 0 Å². The monoisotopic (exact) mass is 305 g/mol. The van der Waals surface area contributed by atoms with E-state index in [4.69, 9.17) is 16.2 Å². The quantitative estimate of drug-likeness (QED) is 0.794. The van der Waals surface area contributed by atoms with Crippen LogP contribution < -0.4 is 11.5 Å². The Bertz CT molecular complexity index is 521. The molecule has 4 N–H and O–H groups in total. The molecule has 6 nitrogen and oxygen atoms in total. The normalized spacial score (nSPS) is 20.6. The number of amides is 2. The lowest BCUT2D eigenvalue weighted by atomic mass is 10.1. The number of ether oxygens (including phenoxy) is 1. The SMILES string of the molecule is CC(OCc1ccccc1)[C@H](N)C(=O)N1CCC[C@H]1C(N)=O. The van der Waals surface area contributed by atoms with Gasteiger partial charge in [0, 0.05) is 6.54 Å². The van der Waals surface area contributed by atoms with Crippen LogP contribution in [-0.4, -0.2) is 41.4 Å². The third kappa shape index (κ3) is 3.84. The van der Waals surface area contributed by atoms with Crippen molar-refractivity contribution in [2.45, 2.75) is 44.6 Å². The highest BCUT2D eigenvalue weighted by molar-refractivity contribution is 5.89. The molecule has 2 amide bonds. The smallest absolute Gasteiger partial charge is 0.242 e. The topological polar surface area (TPSA) is 98.7 Å². The van der Waals surface area contributed by atoms with Crippen LogP contribution in [0.2, 0.25) is 0 Å². The second-order valence-electron chi connectivity index (χ2n) is 5.62. The van der Waals surface area contributed by atoms with Gasteiger partial charge in [-0.05, 0) is 25.3 Å². The van der Waals surface area contributed by atoms with Crippen molar-refractivity contribution >= 4 is 11.8 Å². The lowest BCUT2D eigenvalue weighted by Gasteiger charge is -2.28. The minimum atomic E-state index is -0.802. The van der Waals surface area contributed by atoms with E-state index in [0.717, 1.165) is 12.0 Å².